The highest BCUT2D eigenvalue weighted by molar-refractivity contribution is 9.10. The highest BCUT2D eigenvalue weighted by atomic mass is 79.9. The van der Waals surface area contributed by atoms with Crippen molar-refractivity contribution in [2.24, 2.45) is 0 Å². The van der Waals surface area contributed by atoms with Gasteiger partial charge in [-0.3, -0.25) is 9.59 Å². The standard InChI is InChI=1S/C16H22BrN3O2/c1-19(10-15(21)18-13-7-8-13)11-16(22)20(2)9-12-5-3-4-6-14(12)17/h3-6,13H,7-11H2,1-2H3,(H,18,21)/p+1. The molecule has 1 unspecified atom stereocenters. The molecule has 2 N–H and O–H groups in total. The second-order valence-electron chi connectivity index (χ2n) is 5.99. The van der Waals surface area contributed by atoms with Crippen LogP contribution in [0.25, 0.3) is 0 Å². The van der Waals surface area contributed by atoms with Crippen LogP contribution in [-0.4, -0.2) is 49.9 Å². The maximum atomic E-state index is 12.2. The van der Waals surface area contributed by atoms with Crippen LogP contribution in [0.1, 0.15) is 18.4 Å². The van der Waals surface area contributed by atoms with E-state index in [2.05, 4.69) is 21.2 Å². The molecule has 1 fully saturated rings. The monoisotopic (exact) mass is 368 g/mol. The molecule has 1 saturated carbocycles. The molecule has 120 valence electrons. The van der Waals surface area contributed by atoms with E-state index >= 15 is 0 Å². The third-order valence-electron chi connectivity index (χ3n) is 3.65. The Balaban J connectivity index is 1.77. The van der Waals surface area contributed by atoms with Crippen molar-refractivity contribution in [2.45, 2.75) is 25.4 Å². The molecule has 0 aliphatic heterocycles. The summed E-state index contributed by atoms with van der Waals surface area (Å²) in [6.07, 6.45) is 2.16. The number of halogens is 1. The van der Waals surface area contributed by atoms with Gasteiger partial charge in [0.25, 0.3) is 11.8 Å². The fraction of sp³-hybridized carbons (Fsp3) is 0.500. The van der Waals surface area contributed by atoms with Gasteiger partial charge in [0.15, 0.2) is 13.1 Å². The highest BCUT2D eigenvalue weighted by Crippen LogP contribution is 2.18. The highest BCUT2D eigenvalue weighted by Gasteiger charge is 2.25. The van der Waals surface area contributed by atoms with Crippen LogP contribution in [0.15, 0.2) is 28.7 Å². The lowest BCUT2D eigenvalue weighted by Gasteiger charge is -2.20. The molecule has 0 saturated heterocycles. The van der Waals surface area contributed by atoms with E-state index in [1.165, 1.54) is 0 Å². The minimum atomic E-state index is 0.0289. The van der Waals surface area contributed by atoms with Gasteiger partial charge < -0.3 is 15.1 Å². The van der Waals surface area contributed by atoms with Crippen molar-refractivity contribution in [3.63, 3.8) is 0 Å². The van der Waals surface area contributed by atoms with Crippen LogP contribution in [0.3, 0.4) is 0 Å². The third kappa shape index (κ3) is 5.42. The van der Waals surface area contributed by atoms with Gasteiger partial charge in [0.2, 0.25) is 0 Å². The number of quaternary nitrogens is 1. The Kier molecular flexibility index (Phi) is 5.97. The Morgan fingerprint density at radius 3 is 2.64 bits per heavy atom. The quantitative estimate of drug-likeness (QED) is 0.722. The van der Waals surface area contributed by atoms with E-state index in [9.17, 15) is 9.59 Å². The van der Waals surface area contributed by atoms with Gasteiger partial charge in [-0.2, -0.15) is 0 Å². The number of benzene rings is 1. The summed E-state index contributed by atoms with van der Waals surface area (Å²) in [5.74, 6) is 0.0636. The molecule has 0 heterocycles. The number of likely N-dealkylation sites (N-methyl/N-ethyl adjacent to an activating group) is 2. The van der Waals surface area contributed by atoms with E-state index in [1.54, 1.807) is 11.9 Å². The van der Waals surface area contributed by atoms with Crippen LogP contribution in [0.2, 0.25) is 0 Å². The summed E-state index contributed by atoms with van der Waals surface area (Å²) in [5, 5.41) is 2.94. The zero-order valence-corrected chi connectivity index (χ0v) is 14.6. The van der Waals surface area contributed by atoms with Crippen LogP contribution in [0.5, 0.6) is 0 Å². The van der Waals surface area contributed by atoms with Gasteiger partial charge in [-0.15, -0.1) is 0 Å². The van der Waals surface area contributed by atoms with Gasteiger partial charge >= 0.3 is 0 Å². The number of hydrogen-bond donors (Lipinski definition) is 2. The molecule has 1 atom stereocenters. The van der Waals surface area contributed by atoms with Gasteiger partial charge in [-0.05, 0) is 24.5 Å². The molecular formula is C16H23BrN3O2+. The fourth-order valence-corrected chi connectivity index (χ4v) is 2.62. The number of amides is 2. The summed E-state index contributed by atoms with van der Waals surface area (Å²) in [5.41, 5.74) is 1.07. The first-order valence-electron chi connectivity index (χ1n) is 7.53. The number of carbonyl (C=O) groups excluding carboxylic acids is 2. The smallest absolute Gasteiger partial charge is 0.277 e. The zero-order valence-electron chi connectivity index (χ0n) is 13.1. The average molecular weight is 369 g/mol. The van der Waals surface area contributed by atoms with Crippen molar-refractivity contribution < 1.29 is 14.5 Å². The van der Waals surface area contributed by atoms with Crippen molar-refractivity contribution in [3.8, 4) is 0 Å². The Bertz CT molecular complexity index is 546. The molecule has 0 bridgehead atoms. The molecule has 1 aromatic rings. The molecule has 1 aromatic carbocycles. The van der Waals surface area contributed by atoms with E-state index in [0.717, 1.165) is 27.8 Å². The molecule has 0 spiro atoms. The van der Waals surface area contributed by atoms with Gasteiger partial charge in [-0.25, -0.2) is 0 Å². The lowest BCUT2D eigenvalue weighted by atomic mass is 10.2. The summed E-state index contributed by atoms with van der Waals surface area (Å²) < 4.78 is 0.999. The molecule has 5 nitrogen and oxygen atoms in total. The summed E-state index contributed by atoms with van der Waals surface area (Å²) in [6, 6.07) is 8.24. The second kappa shape index (κ2) is 7.74. The van der Waals surface area contributed by atoms with Crippen LogP contribution >= 0.6 is 15.9 Å². The molecule has 6 heteroatoms. The van der Waals surface area contributed by atoms with Crippen LogP contribution in [0, 0.1) is 0 Å². The summed E-state index contributed by atoms with van der Waals surface area (Å²) >= 11 is 3.49. The lowest BCUT2D eigenvalue weighted by molar-refractivity contribution is -0.863. The Hall–Kier alpha value is -1.40. The van der Waals surface area contributed by atoms with E-state index in [4.69, 9.17) is 0 Å². The number of hydrogen-bond acceptors (Lipinski definition) is 2. The van der Waals surface area contributed by atoms with Gasteiger partial charge in [-0.1, -0.05) is 34.1 Å². The van der Waals surface area contributed by atoms with Crippen LogP contribution in [0.4, 0.5) is 0 Å². The molecule has 1 aliphatic rings. The third-order valence-corrected chi connectivity index (χ3v) is 4.42. The Morgan fingerprint density at radius 1 is 1.32 bits per heavy atom. The SMILES string of the molecule is CN(Cc1ccccc1Br)C(=O)C[NH+](C)CC(=O)NC1CC1. The van der Waals surface area contributed by atoms with E-state index in [-0.39, 0.29) is 11.8 Å². The first-order chi connectivity index (χ1) is 10.5. The fourth-order valence-electron chi connectivity index (χ4n) is 2.21. The van der Waals surface area contributed by atoms with Gasteiger partial charge in [0, 0.05) is 24.1 Å². The molecule has 2 rings (SSSR count). The number of nitrogens with zero attached hydrogens (tertiary/aromatic N) is 1. The van der Waals surface area contributed by atoms with Crippen molar-refractivity contribution in [1.29, 1.82) is 0 Å². The Morgan fingerprint density at radius 2 is 2.00 bits per heavy atom. The predicted molar refractivity (Wildman–Crippen MR) is 88.4 cm³/mol. The first kappa shape index (κ1) is 17.0. The normalized spacial score (nSPS) is 15.2. The maximum Gasteiger partial charge on any atom is 0.277 e. The van der Waals surface area contributed by atoms with Crippen LogP contribution < -0.4 is 10.2 Å². The maximum absolute atomic E-state index is 12.2. The molecule has 22 heavy (non-hydrogen) atoms. The summed E-state index contributed by atoms with van der Waals surface area (Å²) in [4.78, 5) is 26.6. The van der Waals surface area contributed by atoms with Gasteiger partial charge in [0.05, 0.1) is 7.05 Å². The first-order valence-corrected chi connectivity index (χ1v) is 8.33. The molecule has 0 aromatic heterocycles. The average Bonchev–Trinajstić information content (AvgIpc) is 3.24. The summed E-state index contributed by atoms with van der Waals surface area (Å²) in [6.45, 7) is 1.21. The van der Waals surface area contributed by atoms with Crippen molar-refractivity contribution in [1.82, 2.24) is 10.2 Å². The topological polar surface area (TPSA) is 53.9 Å². The minimum Gasteiger partial charge on any atom is -0.348 e. The predicted octanol–water partition coefficient (Wildman–Crippen LogP) is 0.201. The largest absolute Gasteiger partial charge is 0.348 e. The van der Waals surface area contributed by atoms with Crippen LogP contribution in [-0.2, 0) is 16.1 Å². The van der Waals surface area contributed by atoms with Crippen molar-refractivity contribution in [3.05, 3.63) is 34.3 Å². The Labute approximate surface area is 139 Å². The van der Waals surface area contributed by atoms with Crippen molar-refractivity contribution >= 4 is 27.7 Å². The number of nitrogens with one attached hydrogen (secondary N) is 2. The molecular weight excluding hydrogens is 346 g/mol. The van der Waals surface area contributed by atoms with Crippen molar-refractivity contribution in [2.75, 3.05) is 27.2 Å². The second-order valence-corrected chi connectivity index (χ2v) is 6.85. The minimum absolute atomic E-state index is 0.0289. The zero-order chi connectivity index (χ0) is 16.1. The molecule has 0 radical (unpaired) electrons. The molecule has 1 aliphatic carbocycles. The summed E-state index contributed by atoms with van der Waals surface area (Å²) in [7, 11) is 3.66. The molecule has 2 amide bonds. The lowest BCUT2D eigenvalue weighted by Crippen LogP contribution is -3.11. The van der Waals surface area contributed by atoms with E-state index in [1.807, 2.05) is 31.3 Å². The number of carbonyl (C=O) groups is 2. The number of rotatable bonds is 7. The van der Waals surface area contributed by atoms with E-state index < -0.39 is 0 Å². The van der Waals surface area contributed by atoms with E-state index in [0.29, 0.717) is 25.7 Å². The van der Waals surface area contributed by atoms with Gasteiger partial charge in [0.1, 0.15) is 0 Å².